The Morgan fingerprint density at radius 3 is 1.89 bits per heavy atom. The average Bonchev–Trinajstić information content (AvgIpc) is 2.68. The van der Waals surface area contributed by atoms with Crippen LogP contribution in [0.1, 0.15) is 117 Å². The summed E-state index contributed by atoms with van der Waals surface area (Å²) in [6, 6.07) is 0. The second kappa shape index (κ2) is 14.9. The van der Waals surface area contributed by atoms with Crippen LogP contribution in [0.4, 0.5) is 0 Å². The molecule has 1 rings (SSSR count). The molecule has 4 heteroatoms. The Morgan fingerprint density at radius 2 is 1.37 bits per heavy atom. The topological polar surface area (TPSA) is 63.6 Å². The van der Waals surface area contributed by atoms with Crippen molar-refractivity contribution in [2.45, 2.75) is 123 Å². The van der Waals surface area contributed by atoms with Crippen molar-refractivity contribution in [3.8, 4) is 0 Å². The third-order valence-corrected chi connectivity index (χ3v) is 6.00. The van der Waals surface area contributed by atoms with E-state index in [1.807, 2.05) is 6.92 Å². The van der Waals surface area contributed by atoms with Crippen LogP contribution in [0.25, 0.3) is 0 Å². The fourth-order valence-corrected chi connectivity index (χ4v) is 4.17. The van der Waals surface area contributed by atoms with Crippen LogP contribution >= 0.6 is 0 Å². The Kier molecular flexibility index (Phi) is 13.3. The molecule has 0 aromatic carbocycles. The number of rotatable bonds is 15. The van der Waals surface area contributed by atoms with E-state index in [2.05, 4.69) is 6.92 Å². The van der Waals surface area contributed by atoms with Gasteiger partial charge in [0.2, 0.25) is 0 Å². The molecule has 4 nitrogen and oxygen atoms in total. The van der Waals surface area contributed by atoms with Gasteiger partial charge in [0.05, 0.1) is 11.8 Å². The van der Waals surface area contributed by atoms with E-state index in [1.165, 1.54) is 57.8 Å². The van der Waals surface area contributed by atoms with Crippen molar-refractivity contribution in [2.75, 3.05) is 0 Å². The van der Waals surface area contributed by atoms with Gasteiger partial charge in [-0.2, -0.15) is 0 Å². The van der Waals surface area contributed by atoms with Gasteiger partial charge in [0.15, 0.2) is 0 Å². The number of hydrogen-bond donors (Lipinski definition) is 1. The molecule has 1 N–H and O–H groups in total. The minimum Gasteiger partial charge on any atom is -0.481 e. The molecule has 1 saturated carbocycles. The first kappa shape index (κ1) is 24.0. The van der Waals surface area contributed by atoms with Gasteiger partial charge in [-0.05, 0) is 32.1 Å². The molecule has 3 atom stereocenters. The minimum atomic E-state index is -0.848. The number of carbonyl (C=O) groups is 2. The van der Waals surface area contributed by atoms with Gasteiger partial charge in [-0.3, -0.25) is 9.59 Å². The number of aliphatic carboxylic acids is 1. The van der Waals surface area contributed by atoms with Crippen LogP contribution in [0.15, 0.2) is 0 Å². The summed E-state index contributed by atoms with van der Waals surface area (Å²) in [5.74, 6) is -2.13. The van der Waals surface area contributed by atoms with Gasteiger partial charge in [0.1, 0.15) is 6.10 Å². The zero-order valence-electron chi connectivity index (χ0n) is 17.7. The van der Waals surface area contributed by atoms with Crippen molar-refractivity contribution < 1.29 is 19.4 Å². The van der Waals surface area contributed by atoms with Crippen LogP contribution in [0.5, 0.6) is 0 Å². The van der Waals surface area contributed by atoms with Gasteiger partial charge in [0, 0.05) is 0 Å². The summed E-state index contributed by atoms with van der Waals surface area (Å²) in [7, 11) is 0. The first-order chi connectivity index (χ1) is 13.1. The van der Waals surface area contributed by atoms with Gasteiger partial charge in [-0.25, -0.2) is 0 Å². The number of esters is 1. The lowest BCUT2D eigenvalue weighted by Gasteiger charge is -2.28. The first-order valence-electron chi connectivity index (χ1n) is 11.5. The second-order valence-corrected chi connectivity index (χ2v) is 8.27. The SMILES string of the molecule is CCCCCCCCCCCCC(CC)OC(=O)C1CCCCC1C(=O)O. The Bertz CT molecular complexity index is 407. The number of hydrogen-bond acceptors (Lipinski definition) is 3. The molecule has 0 aliphatic heterocycles. The number of ether oxygens (including phenoxy) is 1. The summed E-state index contributed by atoms with van der Waals surface area (Å²) in [5.41, 5.74) is 0. The highest BCUT2D eigenvalue weighted by Crippen LogP contribution is 2.32. The molecule has 0 aromatic rings. The monoisotopic (exact) mass is 382 g/mol. The molecule has 1 fully saturated rings. The van der Waals surface area contributed by atoms with E-state index >= 15 is 0 Å². The van der Waals surface area contributed by atoms with Crippen molar-refractivity contribution in [3.05, 3.63) is 0 Å². The van der Waals surface area contributed by atoms with Gasteiger partial charge >= 0.3 is 11.9 Å². The van der Waals surface area contributed by atoms with Crippen LogP contribution in [0.2, 0.25) is 0 Å². The molecule has 3 unspecified atom stereocenters. The van der Waals surface area contributed by atoms with E-state index in [9.17, 15) is 14.7 Å². The van der Waals surface area contributed by atoms with E-state index in [-0.39, 0.29) is 12.1 Å². The van der Waals surface area contributed by atoms with Gasteiger partial charge < -0.3 is 9.84 Å². The number of carbonyl (C=O) groups excluding carboxylic acids is 1. The molecule has 158 valence electrons. The van der Waals surface area contributed by atoms with E-state index in [0.29, 0.717) is 12.8 Å². The summed E-state index contributed by atoms with van der Waals surface area (Å²) in [4.78, 5) is 23.9. The summed E-state index contributed by atoms with van der Waals surface area (Å²) >= 11 is 0. The summed E-state index contributed by atoms with van der Waals surface area (Å²) in [5, 5.41) is 9.35. The Morgan fingerprint density at radius 1 is 0.852 bits per heavy atom. The van der Waals surface area contributed by atoms with Crippen LogP contribution in [0.3, 0.4) is 0 Å². The molecule has 0 aromatic heterocycles. The second-order valence-electron chi connectivity index (χ2n) is 8.27. The van der Waals surface area contributed by atoms with Crippen LogP contribution in [-0.2, 0) is 14.3 Å². The lowest BCUT2D eigenvalue weighted by atomic mass is 9.79. The largest absolute Gasteiger partial charge is 0.481 e. The molecule has 0 radical (unpaired) electrons. The van der Waals surface area contributed by atoms with E-state index < -0.39 is 17.8 Å². The van der Waals surface area contributed by atoms with Crippen LogP contribution in [0, 0.1) is 11.8 Å². The van der Waals surface area contributed by atoms with Crippen molar-refractivity contribution in [1.82, 2.24) is 0 Å². The molecule has 1 aliphatic rings. The molecule has 1 aliphatic carbocycles. The predicted octanol–water partition coefficient (Wildman–Crippen LogP) is 6.51. The maximum atomic E-state index is 12.5. The van der Waals surface area contributed by atoms with E-state index in [1.54, 1.807) is 0 Å². The number of carboxylic acids is 1. The van der Waals surface area contributed by atoms with Crippen molar-refractivity contribution in [1.29, 1.82) is 0 Å². The Labute approximate surface area is 166 Å². The predicted molar refractivity (Wildman–Crippen MR) is 110 cm³/mol. The number of carboxylic acid groups (broad SMARTS) is 1. The highest BCUT2D eigenvalue weighted by molar-refractivity contribution is 5.81. The van der Waals surface area contributed by atoms with Crippen LogP contribution in [-0.4, -0.2) is 23.1 Å². The third-order valence-electron chi connectivity index (χ3n) is 6.00. The molecular formula is C23H42O4. The quantitative estimate of drug-likeness (QED) is 0.259. The Hall–Kier alpha value is -1.06. The fourth-order valence-electron chi connectivity index (χ4n) is 4.17. The molecule has 0 amide bonds. The fraction of sp³-hybridized carbons (Fsp3) is 0.913. The van der Waals surface area contributed by atoms with Gasteiger partial charge in [0.25, 0.3) is 0 Å². The van der Waals surface area contributed by atoms with Gasteiger partial charge in [-0.1, -0.05) is 84.5 Å². The highest BCUT2D eigenvalue weighted by atomic mass is 16.5. The summed E-state index contributed by atoms with van der Waals surface area (Å²) < 4.78 is 5.70. The summed E-state index contributed by atoms with van der Waals surface area (Å²) in [6.07, 6.45) is 17.8. The third kappa shape index (κ3) is 10.2. The minimum absolute atomic E-state index is 0.0529. The molecule has 0 bridgehead atoms. The average molecular weight is 383 g/mol. The number of unbranched alkanes of at least 4 members (excludes halogenated alkanes) is 9. The molecular weight excluding hydrogens is 340 g/mol. The van der Waals surface area contributed by atoms with Crippen molar-refractivity contribution >= 4 is 11.9 Å². The van der Waals surface area contributed by atoms with E-state index in [4.69, 9.17) is 4.74 Å². The van der Waals surface area contributed by atoms with E-state index in [0.717, 1.165) is 32.1 Å². The normalized spacial score (nSPS) is 21.0. The smallest absolute Gasteiger partial charge is 0.310 e. The molecule has 0 heterocycles. The lowest BCUT2D eigenvalue weighted by Crippen LogP contribution is -2.35. The maximum Gasteiger partial charge on any atom is 0.310 e. The lowest BCUT2D eigenvalue weighted by molar-refractivity contribution is -0.164. The standard InChI is InChI=1S/C23H42O4/c1-3-5-6-7-8-9-10-11-12-13-16-19(4-2)27-23(26)21-18-15-14-17-20(21)22(24)25/h19-21H,3-18H2,1-2H3,(H,24,25). The van der Waals surface area contributed by atoms with Crippen molar-refractivity contribution in [3.63, 3.8) is 0 Å². The Balaban J connectivity index is 2.16. The highest BCUT2D eigenvalue weighted by Gasteiger charge is 2.37. The van der Waals surface area contributed by atoms with Crippen molar-refractivity contribution in [2.24, 2.45) is 11.8 Å². The van der Waals surface area contributed by atoms with Crippen LogP contribution < -0.4 is 0 Å². The molecule has 0 saturated heterocycles. The maximum absolute atomic E-state index is 12.5. The first-order valence-corrected chi connectivity index (χ1v) is 11.5. The summed E-state index contributed by atoms with van der Waals surface area (Å²) in [6.45, 7) is 4.30. The zero-order chi connectivity index (χ0) is 19.9. The zero-order valence-corrected chi connectivity index (χ0v) is 17.7. The van der Waals surface area contributed by atoms with Gasteiger partial charge in [-0.15, -0.1) is 0 Å². The molecule has 0 spiro atoms. The molecule has 27 heavy (non-hydrogen) atoms.